The lowest BCUT2D eigenvalue weighted by Gasteiger charge is -2.18. The molecule has 108 heavy (non-hydrogen) atoms. The first-order valence-electron chi connectivity index (χ1n) is 33.0. The Bertz CT molecular complexity index is 5280. The molecule has 12 aromatic carbocycles. The molecule has 3 atom stereocenters. The number of carbonyl (C=O) groups excluding carboxylic acids is 5. The van der Waals surface area contributed by atoms with Gasteiger partial charge in [0.25, 0.3) is 17.7 Å². The van der Waals surface area contributed by atoms with Gasteiger partial charge in [0.05, 0.1) is 101 Å². The zero-order valence-electron chi connectivity index (χ0n) is 58.5. The van der Waals surface area contributed by atoms with Gasteiger partial charge in [-0.15, -0.1) is 0 Å². The predicted octanol–water partition coefficient (Wildman–Crippen LogP) is 20.2. The number of halogens is 8. The maximum absolute atomic E-state index is 12.9. The minimum Gasteiger partial charge on any atom is -0.496 e. The highest BCUT2D eigenvalue weighted by molar-refractivity contribution is 6.42. The summed E-state index contributed by atoms with van der Waals surface area (Å²) in [5, 5.41) is 25.7. The number of fused-ring (bicyclic) bond motifs is 3. The summed E-state index contributed by atoms with van der Waals surface area (Å²) in [5.74, 6) is -1.25. The molecule has 16 nitrogen and oxygen atoms in total. The van der Waals surface area contributed by atoms with Crippen molar-refractivity contribution in [2.24, 2.45) is 0 Å². The maximum Gasteiger partial charge on any atom is 0.328 e. The van der Waals surface area contributed by atoms with Crippen LogP contribution in [0.2, 0.25) is 40.2 Å². The number of rotatable bonds is 22. The van der Waals surface area contributed by atoms with E-state index in [9.17, 15) is 33.9 Å². The molecular formula is C84H67Cl8N3O13. The summed E-state index contributed by atoms with van der Waals surface area (Å²) in [6, 6.07) is 63.0. The molecule has 0 radical (unpaired) electrons. The molecule has 3 unspecified atom stereocenters. The summed E-state index contributed by atoms with van der Waals surface area (Å²) in [7, 11) is 9.03. The fourth-order valence-electron chi connectivity index (χ4n) is 12.2. The number of methoxy groups -OCH3 is 6. The van der Waals surface area contributed by atoms with Crippen LogP contribution in [0, 0.1) is 0 Å². The third-order valence-electron chi connectivity index (χ3n) is 17.5. The van der Waals surface area contributed by atoms with Crippen molar-refractivity contribution >= 4 is 161 Å². The van der Waals surface area contributed by atoms with E-state index in [1.54, 1.807) is 89.1 Å². The smallest absolute Gasteiger partial charge is 0.328 e. The van der Waals surface area contributed by atoms with Gasteiger partial charge >= 0.3 is 17.9 Å². The average Bonchev–Trinajstić information content (AvgIpc) is 0.800. The van der Waals surface area contributed by atoms with E-state index in [1.807, 2.05) is 140 Å². The molecule has 12 rings (SSSR count). The Labute approximate surface area is 662 Å². The van der Waals surface area contributed by atoms with Crippen LogP contribution in [0.5, 0.6) is 23.0 Å². The van der Waals surface area contributed by atoms with Crippen molar-refractivity contribution in [3.63, 3.8) is 0 Å². The first-order valence-corrected chi connectivity index (χ1v) is 36.1. The lowest BCUT2D eigenvalue weighted by molar-refractivity contribution is -0.143. The number of esters is 2. The molecule has 0 bridgehead atoms. The monoisotopic (exact) mass is 1610 g/mol. The molecule has 4 N–H and O–H groups in total. The standard InChI is InChI=1S/C29H25Cl2NO5.C28H23Cl2NO5.C27H19Cl4NO3/c1-35-24-8-5-9-25(36-2)26(24)20-13-12-18-14-17(10-11-19(18)16-20)15-23(29(34)37-3)32-28(33)27-21(30)6-4-7-22(27)31;1-35-23-7-4-8-24(36-2)25(23)19-12-11-17-13-16(9-10-18(17)15-19)14-22(28(33)34)31-27(32)26-20(29)5-3-6-21(26)30;1-35-27(34)23(32-26(33)25-21(30)6-3-7-22(25)31)13-15-8-9-17-14-18(11-10-16(17)12-15)24-19(28)4-2-5-20(24)29/h4-14,16,23H,15H2,1-3H3,(H,32,33);3-13,15,22H,14H2,1-2H3,(H,31,32)(H,33,34);2-12,14,23H,13H2,1H3,(H,32,33). The quantitative estimate of drug-likeness (QED) is 0.0465. The minimum atomic E-state index is -1.17. The number of aliphatic carboxylic acids is 1. The van der Waals surface area contributed by atoms with Crippen molar-refractivity contribution in [3.05, 3.63) is 292 Å². The van der Waals surface area contributed by atoms with Crippen LogP contribution in [-0.2, 0) is 43.1 Å². The number of amides is 3. The molecule has 552 valence electrons. The summed E-state index contributed by atoms with van der Waals surface area (Å²) in [4.78, 5) is 75.3. The van der Waals surface area contributed by atoms with Gasteiger partial charge in [-0.25, -0.2) is 14.4 Å². The van der Waals surface area contributed by atoms with Crippen molar-refractivity contribution in [3.8, 4) is 56.4 Å². The summed E-state index contributed by atoms with van der Waals surface area (Å²) < 4.78 is 32.0. The Kier molecular flexibility index (Phi) is 27.5. The molecule has 0 aliphatic heterocycles. The number of carboxylic acids is 1. The number of nitrogens with one attached hydrogen (secondary N) is 3. The highest BCUT2D eigenvalue weighted by Gasteiger charge is 2.29. The highest BCUT2D eigenvalue weighted by atomic mass is 35.5. The number of benzene rings is 12. The van der Waals surface area contributed by atoms with Gasteiger partial charge in [-0.1, -0.05) is 220 Å². The van der Waals surface area contributed by atoms with Gasteiger partial charge in [-0.3, -0.25) is 14.4 Å². The Morgan fingerprint density at radius 1 is 0.306 bits per heavy atom. The number of carbonyl (C=O) groups is 6. The topological polar surface area (TPSA) is 214 Å². The molecule has 0 fully saturated rings. The lowest BCUT2D eigenvalue weighted by atomic mass is 9.97. The molecule has 0 aliphatic carbocycles. The van der Waals surface area contributed by atoms with Gasteiger partial charge in [0.1, 0.15) is 41.1 Å². The van der Waals surface area contributed by atoms with Gasteiger partial charge in [-0.2, -0.15) is 0 Å². The highest BCUT2D eigenvalue weighted by Crippen LogP contribution is 2.42. The number of hydrogen-bond donors (Lipinski definition) is 4. The van der Waals surface area contributed by atoms with Gasteiger partial charge < -0.3 is 49.5 Å². The van der Waals surface area contributed by atoms with E-state index in [0.29, 0.717) is 33.0 Å². The van der Waals surface area contributed by atoms with Crippen LogP contribution < -0.4 is 34.9 Å². The molecule has 0 saturated carbocycles. The van der Waals surface area contributed by atoms with Crippen molar-refractivity contribution in [1.29, 1.82) is 0 Å². The number of ether oxygens (including phenoxy) is 6. The van der Waals surface area contributed by atoms with Crippen LogP contribution in [0.4, 0.5) is 0 Å². The second-order valence-corrected chi connectivity index (χ2v) is 27.5. The molecule has 24 heteroatoms. The Morgan fingerprint density at radius 3 is 0.824 bits per heavy atom. The summed E-state index contributed by atoms with van der Waals surface area (Å²) in [6.45, 7) is 0. The molecule has 12 aromatic rings. The molecule has 0 aliphatic rings. The van der Waals surface area contributed by atoms with E-state index in [-0.39, 0.29) is 66.1 Å². The van der Waals surface area contributed by atoms with Crippen molar-refractivity contribution in [1.82, 2.24) is 16.0 Å². The fourth-order valence-corrected chi connectivity index (χ4v) is 14.5. The fraction of sp³-hybridized carbons (Fsp3) is 0.143. The van der Waals surface area contributed by atoms with Crippen LogP contribution in [0.15, 0.2) is 218 Å². The SMILES string of the molecule is COC(=O)C(Cc1ccc2cc(-c3c(Cl)cccc3Cl)ccc2c1)NC(=O)c1c(Cl)cccc1Cl.COC(=O)C(Cc1ccc2cc(-c3c(OC)cccc3OC)ccc2c1)NC(=O)c1c(Cl)cccc1Cl.COc1cccc(OC)c1-c1ccc2cc(CC(NC(=O)c3c(Cl)cccc3Cl)C(=O)O)ccc2c1. The Hall–Kier alpha value is -10.2. The third-order valence-corrected chi connectivity index (χ3v) is 20.0. The van der Waals surface area contributed by atoms with Crippen LogP contribution in [-0.4, -0.2) is 102 Å². The summed E-state index contributed by atoms with van der Waals surface area (Å²) >= 11 is 49.6. The van der Waals surface area contributed by atoms with Gasteiger partial charge in [0, 0.05) is 34.9 Å². The Balaban J connectivity index is 0.000000173. The van der Waals surface area contributed by atoms with Crippen molar-refractivity contribution < 1.29 is 62.3 Å². The van der Waals surface area contributed by atoms with Gasteiger partial charge in [-0.05, 0) is 157 Å². The van der Waals surface area contributed by atoms with E-state index in [4.69, 9.17) is 121 Å². The molecular weight excluding hydrogens is 1540 g/mol. The zero-order chi connectivity index (χ0) is 77.5. The summed E-state index contributed by atoms with van der Waals surface area (Å²) in [5.41, 5.74) is 7.96. The number of hydrogen-bond acceptors (Lipinski definition) is 12. The van der Waals surface area contributed by atoms with Gasteiger partial charge in [0.2, 0.25) is 0 Å². The van der Waals surface area contributed by atoms with E-state index < -0.39 is 53.8 Å². The van der Waals surface area contributed by atoms with Crippen molar-refractivity contribution in [2.45, 2.75) is 37.4 Å². The van der Waals surface area contributed by atoms with E-state index >= 15 is 0 Å². The van der Waals surface area contributed by atoms with Crippen LogP contribution in [0.3, 0.4) is 0 Å². The van der Waals surface area contributed by atoms with E-state index in [2.05, 4.69) is 22.0 Å². The first-order chi connectivity index (χ1) is 51.9. The van der Waals surface area contributed by atoms with Crippen LogP contribution >= 0.6 is 92.8 Å². The molecule has 3 amide bonds. The maximum atomic E-state index is 12.9. The molecule has 0 aromatic heterocycles. The normalized spacial score (nSPS) is 11.7. The predicted molar refractivity (Wildman–Crippen MR) is 430 cm³/mol. The average molecular weight is 1610 g/mol. The minimum absolute atomic E-state index is 0.0462. The van der Waals surface area contributed by atoms with Crippen LogP contribution in [0.1, 0.15) is 47.8 Å². The molecule has 0 heterocycles. The van der Waals surface area contributed by atoms with E-state index in [0.717, 1.165) is 82.4 Å². The van der Waals surface area contributed by atoms with Crippen LogP contribution in [0.25, 0.3) is 65.7 Å². The first kappa shape index (κ1) is 80.3. The van der Waals surface area contributed by atoms with Crippen molar-refractivity contribution in [2.75, 3.05) is 42.7 Å². The molecule has 0 saturated heterocycles. The largest absolute Gasteiger partial charge is 0.496 e. The lowest BCUT2D eigenvalue weighted by Crippen LogP contribution is -2.43. The van der Waals surface area contributed by atoms with Gasteiger partial charge in [0.15, 0.2) is 0 Å². The zero-order valence-corrected chi connectivity index (χ0v) is 64.6. The second-order valence-electron chi connectivity index (χ2n) is 24.2. The Morgan fingerprint density at radius 2 is 0.546 bits per heavy atom. The molecule has 0 spiro atoms. The second kappa shape index (κ2) is 37.0. The number of carboxylic acid groups (broad SMARTS) is 1. The third kappa shape index (κ3) is 19.2. The van der Waals surface area contributed by atoms with E-state index in [1.165, 1.54) is 26.4 Å². The summed E-state index contributed by atoms with van der Waals surface area (Å²) in [6.07, 6.45) is 0.522.